The molecule has 0 heterocycles. The summed E-state index contributed by atoms with van der Waals surface area (Å²) in [6.45, 7) is 4.31. The van der Waals surface area contributed by atoms with Crippen LogP contribution in [0.1, 0.15) is 29.8 Å². The lowest BCUT2D eigenvalue weighted by molar-refractivity contribution is 0.0953. The van der Waals surface area contributed by atoms with E-state index in [1.807, 2.05) is 30.0 Å². The maximum Gasteiger partial charge on any atom is 0.265 e. The Morgan fingerprint density at radius 2 is 2.27 bits per heavy atom. The second-order valence-electron chi connectivity index (χ2n) is 3.53. The number of nitrogens with two attached hydrogens (primary N) is 1. The average molecular weight is 224 g/mol. The van der Waals surface area contributed by atoms with E-state index in [9.17, 15) is 4.79 Å². The Labute approximate surface area is 94.4 Å². The molecular weight excluding hydrogens is 208 g/mol. The lowest BCUT2D eigenvalue weighted by Crippen LogP contribution is -2.29. The van der Waals surface area contributed by atoms with Crippen molar-refractivity contribution in [3.8, 4) is 0 Å². The van der Waals surface area contributed by atoms with Gasteiger partial charge in [0.25, 0.3) is 5.91 Å². The molecule has 15 heavy (non-hydrogen) atoms. The third-order valence-electron chi connectivity index (χ3n) is 1.90. The Hall–Kier alpha value is -1.00. The number of nitrogen functional groups attached to an aromatic ring is 1. The largest absolute Gasteiger partial charge is 0.290 e. The van der Waals surface area contributed by atoms with Crippen LogP contribution in [0.15, 0.2) is 24.3 Å². The molecule has 0 spiro atoms. The first-order valence-electron chi connectivity index (χ1n) is 4.85. The zero-order valence-electron chi connectivity index (χ0n) is 8.99. The van der Waals surface area contributed by atoms with E-state index in [1.165, 1.54) is 0 Å². The van der Waals surface area contributed by atoms with Gasteiger partial charge in [0.2, 0.25) is 0 Å². The van der Waals surface area contributed by atoms with Crippen molar-refractivity contribution in [3.05, 3.63) is 35.4 Å². The molecular formula is C11H16N2OS. The number of hydrazine groups is 1. The number of hydrogen-bond acceptors (Lipinski definition) is 3. The van der Waals surface area contributed by atoms with Crippen molar-refractivity contribution < 1.29 is 4.79 Å². The van der Waals surface area contributed by atoms with Crippen molar-refractivity contribution in [2.24, 2.45) is 5.84 Å². The highest BCUT2D eigenvalue weighted by Gasteiger charge is 2.04. The molecule has 1 aromatic rings. The summed E-state index contributed by atoms with van der Waals surface area (Å²) in [5, 5.41) is 0.594. The van der Waals surface area contributed by atoms with Crippen LogP contribution in [-0.2, 0) is 5.75 Å². The molecule has 0 fully saturated rings. The maximum atomic E-state index is 11.3. The first-order chi connectivity index (χ1) is 7.13. The highest BCUT2D eigenvalue weighted by molar-refractivity contribution is 7.99. The molecule has 1 aromatic carbocycles. The van der Waals surface area contributed by atoms with Gasteiger partial charge in [0.15, 0.2) is 0 Å². The van der Waals surface area contributed by atoms with Crippen LogP contribution >= 0.6 is 11.8 Å². The molecule has 1 amide bonds. The van der Waals surface area contributed by atoms with E-state index in [0.29, 0.717) is 10.8 Å². The van der Waals surface area contributed by atoms with Crippen molar-refractivity contribution in [2.45, 2.75) is 24.9 Å². The Kier molecular flexibility index (Phi) is 4.65. The molecule has 0 unspecified atom stereocenters. The number of nitrogens with one attached hydrogen (secondary N) is 1. The molecule has 0 saturated heterocycles. The second-order valence-corrected chi connectivity index (χ2v) is 5.10. The summed E-state index contributed by atoms with van der Waals surface area (Å²) in [4.78, 5) is 11.3. The van der Waals surface area contributed by atoms with Gasteiger partial charge >= 0.3 is 0 Å². The highest BCUT2D eigenvalue weighted by Crippen LogP contribution is 2.17. The molecule has 1 rings (SSSR count). The van der Waals surface area contributed by atoms with E-state index in [4.69, 9.17) is 5.84 Å². The van der Waals surface area contributed by atoms with E-state index < -0.39 is 0 Å². The zero-order chi connectivity index (χ0) is 11.3. The number of hydrogen-bond donors (Lipinski definition) is 2. The van der Waals surface area contributed by atoms with Gasteiger partial charge in [0, 0.05) is 11.3 Å². The topological polar surface area (TPSA) is 55.1 Å². The third-order valence-corrected chi connectivity index (χ3v) is 3.07. The van der Waals surface area contributed by atoms with E-state index in [-0.39, 0.29) is 5.91 Å². The number of carbonyl (C=O) groups excluding carboxylic acids is 1. The quantitative estimate of drug-likeness (QED) is 0.467. The van der Waals surface area contributed by atoms with Crippen LogP contribution in [0.2, 0.25) is 0 Å². The molecule has 0 aliphatic rings. The van der Waals surface area contributed by atoms with E-state index >= 15 is 0 Å². The van der Waals surface area contributed by atoms with Crippen molar-refractivity contribution in [1.82, 2.24) is 5.43 Å². The lowest BCUT2D eigenvalue weighted by Gasteiger charge is -2.06. The average Bonchev–Trinajstić information content (AvgIpc) is 2.25. The van der Waals surface area contributed by atoms with Crippen molar-refractivity contribution >= 4 is 17.7 Å². The van der Waals surface area contributed by atoms with Crippen LogP contribution in [0, 0.1) is 0 Å². The fourth-order valence-electron chi connectivity index (χ4n) is 1.15. The summed E-state index contributed by atoms with van der Waals surface area (Å²) in [5.41, 5.74) is 3.89. The number of rotatable bonds is 4. The predicted molar refractivity (Wildman–Crippen MR) is 64.5 cm³/mol. The predicted octanol–water partition coefficient (Wildman–Crippen LogP) is 1.93. The van der Waals surface area contributed by atoms with Gasteiger partial charge in [-0.05, 0) is 22.9 Å². The van der Waals surface area contributed by atoms with E-state index in [0.717, 1.165) is 11.3 Å². The summed E-state index contributed by atoms with van der Waals surface area (Å²) < 4.78 is 0. The Balaban J connectivity index is 2.70. The van der Waals surface area contributed by atoms with Gasteiger partial charge in [0.1, 0.15) is 0 Å². The fourth-order valence-corrected chi connectivity index (χ4v) is 1.85. The maximum absolute atomic E-state index is 11.3. The third kappa shape index (κ3) is 3.93. The molecule has 0 radical (unpaired) electrons. The Morgan fingerprint density at radius 1 is 1.53 bits per heavy atom. The number of amides is 1. The second kappa shape index (κ2) is 5.78. The van der Waals surface area contributed by atoms with Gasteiger partial charge in [-0.3, -0.25) is 10.2 Å². The number of thioether (sulfide) groups is 1. The molecule has 0 atom stereocenters. The molecule has 3 nitrogen and oxygen atoms in total. The monoisotopic (exact) mass is 224 g/mol. The van der Waals surface area contributed by atoms with Crippen LogP contribution in [0.5, 0.6) is 0 Å². The summed E-state index contributed by atoms with van der Waals surface area (Å²) in [7, 11) is 0. The van der Waals surface area contributed by atoms with Crippen LogP contribution in [0.4, 0.5) is 0 Å². The SMILES string of the molecule is CC(C)SCc1cccc(C(=O)NN)c1. The van der Waals surface area contributed by atoms with E-state index in [2.05, 4.69) is 19.3 Å². The Bertz CT molecular complexity index is 339. The van der Waals surface area contributed by atoms with Crippen LogP contribution in [-0.4, -0.2) is 11.2 Å². The molecule has 0 bridgehead atoms. The van der Waals surface area contributed by atoms with Crippen LogP contribution in [0.3, 0.4) is 0 Å². The summed E-state index contributed by atoms with van der Waals surface area (Å²) >= 11 is 1.85. The van der Waals surface area contributed by atoms with Crippen molar-refractivity contribution in [2.75, 3.05) is 0 Å². The molecule has 0 aliphatic carbocycles. The number of carbonyl (C=O) groups is 1. The molecule has 4 heteroatoms. The normalized spacial score (nSPS) is 10.4. The minimum absolute atomic E-state index is 0.244. The summed E-state index contributed by atoms with van der Waals surface area (Å²) in [6, 6.07) is 7.52. The van der Waals surface area contributed by atoms with Gasteiger partial charge in [-0.15, -0.1) is 0 Å². The molecule has 0 aromatic heterocycles. The smallest absolute Gasteiger partial charge is 0.265 e. The lowest BCUT2D eigenvalue weighted by atomic mass is 10.1. The Morgan fingerprint density at radius 3 is 2.87 bits per heavy atom. The first kappa shape index (κ1) is 12.1. The van der Waals surface area contributed by atoms with Gasteiger partial charge in [-0.25, -0.2) is 5.84 Å². The van der Waals surface area contributed by atoms with Gasteiger partial charge in [-0.2, -0.15) is 11.8 Å². The molecule has 0 aliphatic heterocycles. The van der Waals surface area contributed by atoms with Crippen LogP contribution in [0.25, 0.3) is 0 Å². The molecule has 0 saturated carbocycles. The summed E-state index contributed by atoms with van der Waals surface area (Å²) in [5.74, 6) is 5.75. The van der Waals surface area contributed by atoms with E-state index in [1.54, 1.807) is 6.07 Å². The first-order valence-corrected chi connectivity index (χ1v) is 5.90. The van der Waals surface area contributed by atoms with Crippen LogP contribution < -0.4 is 11.3 Å². The highest BCUT2D eigenvalue weighted by atomic mass is 32.2. The van der Waals surface area contributed by atoms with Gasteiger partial charge < -0.3 is 0 Å². The minimum atomic E-state index is -0.244. The fraction of sp³-hybridized carbons (Fsp3) is 0.364. The summed E-state index contributed by atoms with van der Waals surface area (Å²) in [6.07, 6.45) is 0. The van der Waals surface area contributed by atoms with Crippen molar-refractivity contribution in [3.63, 3.8) is 0 Å². The van der Waals surface area contributed by atoms with Gasteiger partial charge in [0.05, 0.1) is 0 Å². The molecule has 3 N–H and O–H groups in total. The minimum Gasteiger partial charge on any atom is -0.290 e. The zero-order valence-corrected chi connectivity index (χ0v) is 9.80. The van der Waals surface area contributed by atoms with Crippen molar-refractivity contribution in [1.29, 1.82) is 0 Å². The molecule has 82 valence electrons. The standard InChI is InChI=1S/C11H16N2OS/c1-8(2)15-7-9-4-3-5-10(6-9)11(14)13-12/h3-6,8H,7,12H2,1-2H3,(H,13,14). The number of benzene rings is 1. The van der Waals surface area contributed by atoms with Gasteiger partial charge in [-0.1, -0.05) is 26.0 Å².